The normalized spacial score (nSPS) is 10.4. The van der Waals surface area contributed by atoms with Crippen LogP contribution in [0.2, 0.25) is 0 Å². The molecule has 0 aromatic carbocycles. The third kappa shape index (κ3) is 13.6. The van der Waals surface area contributed by atoms with Gasteiger partial charge in [0.25, 0.3) is 0 Å². The van der Waals surface area contributed by atoms with Crippen molar-refractivity contribution < 1.29 is 0 Å². The molecule has 0 bridgehead atoms. The van der Waals surface area contributed by atoms with Gasteiger partial charge in [0.2, 0.25) is 0 Å². The topological polar surface area (TPSA) is 32.3 Å². The summed E-state index contributed by atoms with van der Waals surface area (Å²) in [6.45, 7) is 18.2. The Labute approximate surface area is 184 Å². The molecule has 0 fully saturated rings. The summed E-state index contributed by atoms with van der Waals surface area (Å²) in [5, 5.41) is 0. The van der Waals surface area contributed by atoms with Gasteiger partial charge >= 0.3 is 0 Å². The van der Waals surface area contributed by atoms with E-state index in [9.17, 15) is 0 Å². The fraction of sp³-hybridized carbons (Fsp3) is 0.500. The van der Waals surface area contributed by atoms with E-state index in [0.717, 1.165) is 13.1 Å². The minimum absolute atomic E-state index is 0.921. The number of hydrogen-bond donors (Lipinski definition) is 0. The molecule has 0 saturated heterocycles. The van der Waals surface area contributed by atoms with E-state index >= 15 is 0 Å². The number of allylic oxidation sites excluding steroid dienone is 4. The molecule has 0 amide bonds. The van der Waals surface area contributed by atoms with E-state index in [2.05, 4.69) is 79.8 Å². The van der Waals surface area contributed by atoms with Crippen LogP contribution in [0.1, 0.15) is 65.8 Å². The molecule has 0 aliphatic carbocycles. The third-order valence-electron chi connectivity index (χ3n) is 4.06. The molecule has 2 aromatic rings. The summed E-state index contributed by atoms with van der Waals surface area (Å²) in [5.41, 5.74) is 5.69. The Morgan fingerprint density at radius 1 is 0.897 bits per heavy atom. The van der Waals surface area contributed by atoms with Gasteiger partial charge in [0, 0.05) is 55.5 Å². The molecule has 2 heterocycles. The van der Waals surface area contributed by atoms with Crippen LogP contribution < -0.4 is 0 Å². The summed E-state index contributed by atoms with van der Waals surface area (Å²) >= 11 is 1.70. The first kappa shape index (κ1) is 29.1. The van der Waals surface area contributed by atoms with E-state index in [1.807, 2.05) is 51.7 Å². The molecule has 0 atom stereocenters. The summed E-state index contributed by atoms with van der Waals surface area (Å²) in [5.74, 6) is 0. The maximum absolute atomic E-state index is 4.08. The standard InChI is InChI=1S/C11H16N2.C9H14N2S.2C2H6/c1-4-10(2)13(3)9-11-6-5-7-12-8-11;1-4-8(2)11(3)6-9-5-10-7-12-9;2*1-2/h4-8H,9H2,1-3H3;4-5,7H,6H2,1-3H3;2*1-2H3/b10-4+;8-4+;;. The molecule has 0 aliphatic rings. The van der Waals surface area contributed by atoms with Crippen molar-refractivity contribution in [3.8, 4) is 0 Å². The van der Waals surface area contributed by atoms with Gasteiger partial charge in [-0.05, 0) is 39.3 Å². The highest BCUT2D eigenvalue weighted by Crippen LogP contribution is 2.11. The summed E-state index contributed by atoms with van der Waals surface area (Å²) in [7, 11) is 4.18. The van der Waals surface area contributed by atoms with Gasteiger partial charge in [-0.1, -0.05) is 45.9 Å². The number of aromatic nitrogens is 2. The molecular formula is C24H42N4S. The van der Waals surface area contributed by atoms with Crippen LogP contribution in [-0.2, 0) is 13.1 Å². The first-order chi connectivity index (χ1) is 14.0. The van der Waals surface area contributed by atoms with Gasteiger partial charge in [-0.25, -0.2) is 0 Å². The van der Waals surface area contributed by atoms with E-state index in [4.69, 9.17) is 0 Å². The van der Waals surface area contributed by atoms with Crippen molar-refractivity contribution in [1.29, 1.82) is 0 Å². The minimum Gasteiger partial charge on any atom is -0.374 e. The van der Waals surface area contributed by atoms with Crippen molar-refractivity contribution in [2.45, 2.75) is 68.5 Å². The lowest BCUT2D eigenvalue weighted by Crippen LogP contribution is -2.15. The Balaban J connectivity index is 0. The van der Waals surface area contributed by atoms with Gasteiger partial charge in [-0.15, -0.1) is 11.3 Å². The zero-order valence-electron chi connectivity index (χ0n) is 20.2. The molecule has 2 aromatic heterocycles. The molecule has 2 rings (SSSR count). The maximum Gasteiger partial charge on any atom is 0.0794 e. The van der Waals surface area contributed by atoms with Gasteiger partial charge in [-0.3, -0.25) is 9.97 Å². The number of hydrogen-bond acceptors (Lipinski definition) is 5. The van der Waals surface area contributed by atoms with Crippen molar-refractivity contribution in [1.82, 2.24) is 19.8 Å². The second kappa shape index (κ2) is 19.2. The van der Waals surface area contributed by atoms with E-state index in [1.54, 1.807) is 17.5 Å². The van der Waals surface area contributed by atoms with Crippen molar-refractivity contribution >= 4 is 11.3 Å². The molecule has 4 nitrogen and oxygen atoms in total. The summed E-state index contributed by atoms with van der Waals surface area (Å²) in [6.07, 6.45) is 9.84. The van der Waals surface area contributed by atoms with Crippen LogP contribution in [0.5, 0.6) is 0 Å². The van der Waals surface area contributed by atoms with Crippen LogP contribution in [-0.4, -0.2) is 33.9 Å². The van der Waals surface area contributed by atoms with Crippen molar-refractivity contribution in [2.75, 3.05) is 14.1 Å². The molecule has 0 radical (unpaired) electrons. The van der Waals surface area contributed by atoms with Gasteiger partial charge in [0.15, 0.2) is 0 Å². The summed E-state index contributed by atoms with van der Waals surface area (Å²) < 4.78 is 0. The van der Waals surface area contributed by atoms with Crippen LogP contribution in [0.15, 0.2) is 59.8 Å². The van der Waals surface area contributed by atoms with Crippen molar-refractivity contribution in [3.63, 3.8) is 0 Å². The van der Waals surface area contributed by atoms with E-state index in [0.29, 0.717) is 0 Å². The molecule has 164 valence electrons. The smallest absolute Gasteiger partial charge is 0.0794 e. The fourth-order valence-electron chi connectivity index (χ4n) is 2.01. The number of pyridine rings is 1. The summed E-state index contributed by atoms with van der Waals surface area (Å²) in [6, 6.07) is 4.06. The number of rotatable bonds is 6. The Morgan fingerprint density at radius 2 is 1.45 bits per heavy atom. The van der Waals surface area contributed by atoms with Crippen LogP contribution in [0, 0.1) is 0 Å². The maximum atomic E-state index is 4.08. The second-order valence-electron chi connectivity index (χ2n) is 5.90. The first-order valence-corrected chi connectivity index (χ1v) is 11.3. The Bertz CT molecular complexity index is 649. The lowest BCUT2D eigenvalue weighted by Gasteiger charge is -2.19. The predicted octanol–water partition coefficient (Wildman–Crippen LogP) is 6.99. The molecular weight excluding hydrogens is 376 g/mol. The first-order valence-electron chi connectivity index (χ1n) is 10.4. The van der Waals surface area contributed by atoms with Crippen LogP contribution >= 0.6 is 11.3 Å². The van der Waals surface area contributed by atoms with E-state index in [1.165, 1.54) is 21.8 Å². The SMILES string of the molecule is C/C=C(\C)N(C)Cc1cccnc1.C/C=C(\C)N(C)Cc1cncs1.CC.CC. The minimum atomic E-state index is 0.921. The number of nitrogens with zero attached hydrogens (tertiary/aromatic N) is 4. The molecule has 0 spiro atoms. The molecule has 0 unspecified atom stereocenters. The Hall–Kier alpha value is -2.14. The second-order valence-corrected chi connectivity index (χ2v) is 6.87. The van der Waals surface area contributed by atoms with E-state index in [-0.39, 0.29) is 0 Å². The van der Waals surface area contributed by atoms with Gasteiger partial charge in [0.05, 0.1) is 12.1 Å². The van der Waals surface area contributed by atoms with Gasteiger partial charge in [0.1, 0.15) is 0 Å². The quantitative estimate of drug-likeness (QED) is 0.506. The average Bonchev–Trinajstić information content (AvgIpc) is 3.29. The average molecular weight is 419 g/mol. The molecule has 29 heavy (non-hydrogen) atoms. The summed E-state index contributed by atoms with van der Waals surface area (Å²) in [4.78, 5) is 13.8. The van der Waals surface area contributed by atoms with E-state index < -0.39 is 0 Å². The van der Waals surface area contributed by atoms with Gasteiger partial charge < -0.3 is 9.80 Å². The zero-order valence-corrected chi connectivity index (χ0v) is 21.0. The highest BCUT2D eigenvalue weighted by atomic mass is 32.1. The molecule has 5 heteroatoms. The van der Waals surface area contributed by atoms with Crippen LogP contribution in [0.3, 0.4) is 0 Å². The highest BCUT2D eigenvalue weighted by molar-refractivity contribution is 7.09. The Morgan fingerprint density at radius 3 is 1.86 bits per heavy atom. The third-order valence-corrected chi connectivity index (χ3v) is 4.82. The molecule has 0 N–H and O–H groups in total. The monoisotopic (exact) mass is 418 g/mol. The van der Waals surface area contributed by atoms with Crippen molar-refractivity contribution in [3.05, 3.63) is 70.2 Å². The lowest BCUT2D eigenvalue weighted by molar-refractivity contribution is 0.411. The molecule has 0 saturated carbocycles. The zero-order chi connectivity index (χ0) is 22.7. The van der Waals surface area contributed by atoms with Crippen LogP contribution in [0.25, 0.3) is 0 Å². The lowest BCUT2D eigenvalue weighted by atomic mass is 10.2. The predicted molar refractivity (Wildman–Crippen MR) is 131 cm³/mol. The van der Waals surface area contributed by atoms with Crippen molar-refractivity contribution in [2.24, 2.45) is 0 Å². The Kier molecular flexibility index (Phi) is 19.2. The largest absolute Gasteiger partial charge is 0.374 e. The fourth-order valence-corrected chi connectivity index (χ4v) is 2.66. The molecule has 0 aliphatic heterocycles. The van der Waals surface area contributed by atoms with Crippen LogP contribution in [0.4, 0.5) is 0 Å². The number of thiazole rings is 1. The highest BCUT2D eigenvalue weighted by Gasteiger charge is 2.00. The van der Waals surface area contributed by atoms with Gasteiger partial charge in [-0.2, -0.15) is 0 Å².